The Balaban J connectivity index is 1.97. The van der Waals surface area contributed by atoms with Crippen LogP contribution in [-0.4, -0.2) is 11.1 Å². The van der Waals surface area contributed by atoms with Crippen molar-refractivity contribution in [1.82, 2.24) is 0 Å². The van der Waals surface area contributed by atoms with Crippen molar-refractivity contribution in [3.63, 3.8) is 0 Å². The van der Waals surface area contributed by atoms with Crippen LogP contribution in [0.5, 0.6) is 0 Å². The summed E-state index contributed by atoms with van der Waals surface area (Å²) in [4.78, 5) is 10.6. The van der Waals surface area contributed by atoms with Gasteiger partial charge >= 0.3 is 5.97 Å². The number of hydrogen-bond donors (Lipinski definition) is 1. The molecule has 2 nitrogen and oxygen atoms in total. The Bertz CT molecular complexity index is 362. The van der Waals surface area contributed by atoms with Crippen molar-refractivity contribution < 1.29 is 14.3 Å². The van der Waals surface area contributed by atoms with Crippen LogP contribution in [0.1, 0.15) is 12.0 Å². The predicted octanol–water partition coefficient (Wildman–Crippen LogP) is 2.09. The Kier molecular flexibility index (Phi) is 2.23. The number of halogens is 1. The van der Waals surface area contributed by atoms with Gasteiger partial charge in [0.25, 0.3) is 0 Å². The van der Waals surface area contributed by atoms with E-state index in [0.717, 1.165) is 12.0 Å². The molecule has 1 fully saturated rings. The van der Waals surface area contributed by atoms with Crippen molar-refractivity contribution in [3.05, 3.63) is 35.6 Å². The number of carboxylic acid groups (broad SMARTS) is 1. The molecule has 0 aromatic heterocycles. The highest BCUT2D eigenvalue weighted by Gasteiger charge is 2.42. The molecule has 1 aromatic rings. The lowest BCUT2D eigenvalue weighted by Crippen LogP contribution is -2.01. The SMILES string of the molecule is O=C(O)C1CC1Cc1cccc(F)c1. The average Bonchev–Trinajstić information content (AvgIpc) is 2.84. The van der Waals surface area contributed by atoms with E-state index in [2.05, 4.69) is 0 Å². The van der Waals surface area contributed by atoms with Crippen molar-refractivity contribution in [2.24, 2.45) is 11.8 Å². The number of benzene rings is 1. The first-order chi connectivity index (χ1) is 6.66. The molecule has 1 aromatic carbocycles. The third-order valence-electron chi connectivity index (χ3n) is 2.63. The minimum atomic E-state index is -0.730. The van der Waals surface area contributed by atoms with Crippen LogP contribution in [0.15, 0.2) is 24.3 Å². The normalized spacial score (nSPS) is 24.6. The van der Waals surface area contributed by atoms with Crippen molar-refractivity contribution in [2.75, 3.05) is 0 Å². The quantitative estimate of drug-likeness (QED) is 0.799. The average molecular weight is 194 g/mol. The van der Waals surface area contributed by atoms with Gasteiger partial charge in [-0.1, -0.05) is 12.1 Å². The third kappa shape index (κ3) is 1.92. The zero-order chi connectivity index (χ0) is 10.1. The van der Waals surface area contributed by atoms with Gasteiger partial charge in [-0.25, -0.2) is 4.39 Å². The van der Waals surface area contributed by atoms with Gasteiger partial charge in [0.05, 0.1) is 5.92 Å². The summed E-state index contributed by atoms with van der Waals surface area (Å²) in [6, 6.07) is 6.35. The summed E-state index contributed by atoms with van der Waals surface area (Å²) >= 11 is 0. The van der Waals surface area contributed by atoms with Gasteiger partial charge in [-0.05, 0) is 36.5 Å². The molecule has 3 heteroatoms. The highest BCUT2D eigenvalue weighted by molar-refractivity contribution is 5.73. The van der Waals surface area contributed by atoms with E-state index in [1.807, 2.05) is 6.07 Å². The van der Waals surface area contributed by atoms with Gasteiger partial charge in [0, 0.05) is 0 Å². The molecule has 1 saturated carbocycles. The molecule has 74 valence electrons. The van der Waals surface area contributed by atoms with E-state index in [4.69, 9.17) is 5.11 Å². The monoisotopic (exact) mass is 194 g/mol. The maximum absolute atomic E-state index is 12.8. The van der Waals surface area contributed by atoms with E-state index in [1.165, 1.54) is 12.1 Å². The van der Waals surface area contributed by atoms with Gasteiger partial charge in [-0.2, -0.15) is 0 Å². The van der Waals surface area contributed by atoms with Gasteiger partial charge in [0.1, 0.15) is 5.82 Å². The minimum Gasteiger partial charge on any atom is -0.481 e. The minimum absolute atomic E-state index is 0.203. The molecule has 2 unspecified atom stereocenters. The molecule has 0 saturated heterocycles. The molecule has 0 aliphatic heterocycles. The Morgan fingerprint density at radius 2 is 2.36 bits per heavy atom. The lowest BCUT2D eigenvalue weighted by Gasteiger charge is -1.98. The molecule has 1 N–H and O–H groups in total. The van der Waals surface area contributed by atoms with Crippen molar-refractivity contribution in [3.8, 4) is 0 Å². The van der Waals surface area contributed by atoms with Gasteiger partial charge in [-0.3, -0.25) is 4.79 Å². The van der Waals surface area contributed by atoms with E-state index in [0.29, 0.717) is 6.42 Å². The Morgan fingerprint density at radius 3 is 2.93 bits per heavy atom. The maximum Gasteiger partial charge on any atom is 0.306 e. The summed E-state index contributed by atoms with van der Waals surface area (Å²) in [5.41, 5.74) is 0.888. The van der Waals surface area contributed by atoms with Crippen LogP contribution in [-0.2, 0) is 11.2 Å². The van der Waals surface area contributed by atoms with Gasteiger partial charge in [0.15, 0.2) is 0 Å². The number of rotatable bonds is 3. The number of hydrogen-bond acceptors (Lipinski definition) is 1. The van der Waals surface area contributed by atoms with E-state index in [9.17, 15) is 9.18 Å². The van der Waals surface area contributed by atoms with E-state index < -0.39 is 5.97 Å². The van der Waals surface area contributed by atoms with E-state index in [-0.39, 0.29) is 17.7 Å². The van der Waals surface area contributed by atoms with Crippen LogP contribution in [0.4, 0.5) is 4.39 Å². The summed E-state index contributed by atoms with van der Waals surface area (Å²) < 4.78 is 12.8. The van der Waals surface area contributed by atoms with Crippen LogP contribution < -0.4 is 0 Å². The molecule has 1 aliphatic rings. The lowest BCUT2D eigenvalue weighted by atomic mass is 10.1. The summed E-state index contributed by atoms with van der Waals surface area (Å²) in [7, 11) is 0. The molecule has 0 heterocycles. The van der Waals surface area contributed by atoms with E-state index >= 15 is 0 Å². The molecule has 2 atom stereocenters. The maximum atomic E-state index is 12.8. The van der Waals surface area contributed by atoms with Gasteiger partial charge in [0.2, 0.25) is 0 Å². The fourth-order valence-corrected chi connectivity index (χ4v) is 1.74. The predicted molar refractivity (Wildman–Crippen MR) is 49.3 cm³/mol. The van der Waals surface area contributed by atoms with Crippen LogP contribution in [0.25, 0.3) is 0 Å². The molecule has 1 aliphatic carbocycles. The Hall–Kier alpha value is -1.38. The van der Waals surface area contributed by atoms with Crippen molar-refractivity contribution in [2.45, 2.75) is 12.8 Å². The first-order valence-electron chi connectivity index (χ1n) is 4.64. The molecular formula is C11H11FO2. The summed E-state index contributed by atoms with van der Waals surface area (Å²) in [5, 5.41) is 8.68. The zero-order valence-corrected chi connectivity index (χ0v) is 7.61. The fraction of sp³-hybridized carbons (Fsp3) is 0.364. The first-order valence-corrected chi connectivity index (χ1v) is 4.64. The smallest absolute Gasteiger partial charge is 0.306 e. The second-order valence-electron chi connectivity index (χ2n) is 3.77. The first kappa shape index (κ1) is 9.19. The molecule has 0 spiro atoms. The van der Waals surface area contributed by atoms with Crippen molar-refractivity contribution >= 4 is 5.97 Å². The molecule has 0 radical (unpaired) electrons. The van der Waals surface area contributed by atoms with Crippen LogP contribution in [0, 0.1) is 17.7 Å². The topological polar surface area (TPSA) is 37.3 Å². The second-order valence-corrected chi connectivity index (χ2v) is 3.77. The summed E-state index contributed by atoms with van der Waals surface area (Å²) in [6.45, 7) is 0. The Morgan fingerprint density at radius 1 is 1.57 bits per heavy atom. The number of carboxylic acids is 1. The molecule has 0 bridgehead atoms. The van der Waals surface area contributed by atoms with Crippen LogP contribution in [0.3, 0.4) is 0 Å². The third-order valence-corrected chi connectivity index (χ3v) is 2.63. The highest BCUT2D eigenvalue weighted by Crippen LogP contribution is 2.41. The van der Waals surface area contributed by atoms with Gasteiger partial charge in [-0.15, -0.1) is 0 Å². The number of carbonyl (C=O) groups is 1. The number of aliphatic carboxylic acids is 1. The van der Waals surface area contributed by atoms with E-state index in [1.54, 1.807) is 6.07 Å². The fourth-order valence-electron chi connectivity index (χ4n) is 1.74. The molecule has 14 heavy (non-hydrogen) atoms. The summed E-state index contributed by atoms with van der Waals surface area (Å²) in [6.07, 6.45) is 1.40. The zero-order valence-electron chi connectivity index (χ0n) is 7.61. The molecule has 0 amide bonds. The van der Waals surface area contributed by atoms with Gasteiger partial charge < -0.3 is 5.11 Å². The molecule has 2 rings (SSSR count). The van der Waals surface area contributed by atoms with Crippen LogP contribution >= 0.6 is 0 Å². The molecular weight excluding hydrogens is 183 g/mol. The van der Waals surface area contributed by atoms with Crippen LogP contribution in [0.2, 0.25) is 0 Å². The highest BCUT2D eigenvalue weighted by atomic mass is 19.1. The standard InChI is InChI=1S/C11H11FO2/c12-9-3-1-2-7(5-9)4-8-6-10(8)11(13)14/h1-3,5,8,10H,4,6H2,(H,13,14). The lowest BCUT2D eigenvalue weighted by molar-refractivity contribution is -0.138. The summed E-state index contributed by atoms with van der Waals surface area (Å²) in [5.74, 6) is -0.992. The Labute approximate surface area is 81.4 Å². The van der Waals surface area contributed by atoms with Crippen molar-refractivity contribution in [1.29, 1.82) is 0 Å². The largest absolute Gasteiger partial charge is 0.481 e. The second kappa shape index (κ2) is 3.40.